The summed E-state index contributed by atoms with van der Waals surface area (Å²) in [6.45, 7) is 0.386. The number of ether oxygens (including phenoxy) is 2. The van der Waals surface area contributed by atoms with Crippen molar-refractivity contribution >= 4 is 27.7 Å². The summed E-state index contributed by atoms with van der Waals surface area (Å²) in [7, 11) is 0. The predicted molar refractivity (Wildman–Crippen MR) is 120 cm³/mol. The third-order valence-electron chi connectivity index (χ3n) is 4.78. The van der Waals surface area contributed by atoms with Crippen LogP contribution < -0.4 is 9.47 Å². The van der Waals surface area contributed by atoms with Gasteiger partial charge in [-0.3, -0.25) is 4.57 Å². The first-order valence-corrected chi connectivity index (χ1v) is 11.3. The van der Waals surface area contributed by atoms with Crippen LogP contribution in [-0.4, -0.2) is 21.4 Å². The van der Waals surface area contributed by atoms with Crippen LogP contribution in [0.15, 0.2) is 88.5 Å². The second-order valence-electron chi connectivity index (χ2n) is 6.76. The molecule has 0 saturated carbocycles. The summed E-state index contributed by atoms with van der Waals surface area (Å²) in [5, 5.41) is 9.81. The van der Waals surface area contributed by atoms with Gasteiger partial charge in [0.2, 0.25) is 0 Å². The molecule has 0 radical (unpaired) electrons. The average Bonchev–Trinajstić information content (AvgIpc) is 3.23. The maximum atomic E-state index is 6.21. The van der Waals surface area contributed by atoms with E-state index in [0.29, 0.717) is 6.61 Å². The monoisotopic (exact) mass is 479 g/mol. The molecule has 3 aromatic carbocycles. The molecule has 150 valence electrons. The Morgan fingerprint density at radius 3 is 2.47 bits per heavy atom. The van der Waals surface area contributed by atoms with Crippen molar-refractivity contribution in [3.8, 4) is 17.2 Å². The topological polar surface area (TPSA) is 49.2 Å². The summed E-state index contributed by atoms with van der Waals surface area (Å²) in [6.07, 6.45) is -0.342. The van der Waals surface area contributed by atoms with Gasteiger partial charge in [0.15, 0.2) is 28.6 Å². The van der Waals surface area contributed by atoms with Gasteiger partial charge in [0.1, 0.15) is 6.61 Å². The maximum Gasteiger partial charge on any atom is 0.196 e. The molecule has 1 atom stereocenters. The fourth-order valence-electron chi connectivity index (χ4n) is 3.31. The van der Waals surface area contributed by atoms with Gasteiger partial charge in [0.25, 0.3) is 0 Å². The van der Waals surface area contributed by atoms with Crippen molar-refractivity contribution in [2.24, 2.45) is 0 Å². The van der Waals surface area contributed by atoms with E-state index in [-0.39, 0.29) is 6.10 Å². The Hall–Kier alpha value is -2.77. The van der Waals surface area contributed by atoms with E-state index in [9.17, 15) is 0 Å². The number of fused-ring (bicyclic) bond motifs is 1. The highest BCUT2D eigenvalue weighted by Crippen LogP contribution is 2.37. The fourth-order valence-corrected chi connectivity index (χ4v) is 4.88. The summed E-state index contributed by atoms with van der Waals surface area (Å²) in [6, 6.07) is 26.0. The zero-order valence-corrected chi connectivity index (χ0v) is 18.3. The van der Waals surface area contributed by atoms with Crippen LogP contribution in [0.3, 0.4) is 0 Å². The minimum atomic E-state index is -0.342. The highest BCUT2D eigenvalue weighted by atomic mass is 79.9. The molecule has 0 fully saturated rings. The number of rotatable bonds is 5. The van der Waals surface area contributed by atoms with Crippen LogP contribution in [0.4, 0.5) is 0 Å². The van der Waals surface area contributed by atoms with E-state index in [2.05, 4.69) is 36.8 Å². The van der Waals surface area contributed by atoms with E-state index in [1.165, 1.54) is 5.56 Å². The van der Waals surface area contributed by atoms with Gasteiger partial charge in [-0.1, -0.05) is 76.2 Å². The molecule has 0 saturated heterocycles. The molecule has 0 spiro atoms. The number of thioether (sulfide) groups is 1. The number of hydrogen-bond donors (Lipinski definition) is 0. The van der Waals surface area contributed by atoms with Crippen LogP contribution in [-0.2, 0) is 5.75 Å². The minimum absolute atomic E-state index is 0.342. The molecule has 0 N–H and O–H groups in total. The Balaban J connectivity index is 1.49. The molecule has 7 heteroatoms. The van der Waals surface area contributed by atoms with Crippen LogP contribution in [0, 0.1) is 0 Å². The Kier molecular flexibility index (Phi) is 5.46. The van der Waals surface area contributed by atoms with Crippen LogP contribution in [0.5, 0.6) is 11.5 Å². The van der Waals surface area contributed by atoms with Crippen molar-refractivity contribution < 1.29 is 9.47 Å². The fraction of sp³-hybridized carbons (Fsp3) is 0.130. The van der Waals surface area contributed by atoms with Gasteiger partial charge in [0.05, 0.1) is 0 Å². The molecule has 0 aliphatic carbocycles. The van der Waals surface area contributed by atoms with E-state index in [0.717, 1.165) is 38.4 Å². The first kappa shape index (κ1) is 19.2. The number of para-hydroxylation sites is 3. The highest BCUT2D eigenvalue weighted by Gasteiger charge is 2.29. The Morgan fingerprint density at radius 2 is 1.63 bits per heavy atom. The molecule has 4 aromatic rings. The van der Waals surface area contributed by atoms with E-state index < -0.39 is 0 Å². The highest BCUT2D eigenvalue weighted by molar-refractivity contribution is 9.10. The third kappa shape index (κ3) is 3.82. The average molecular weight is 480 g/mol. The molecule has 30 heavy (non-hydrogen) atoms. The van der Waals surface area contributed by atoms with Crippen molar-refractivity contribution in [3.63, 3.8) is 0 Å². The van der Waals surface area contributed by atoms with E-state index in [4.69, 9.17) is 9.47 Å². The van der Waals surface area contributed by atoms with Crippen molar-refractivity contribution in [3.05, 3.63) is 94.7 Å². The van der Waals surface area contributed by atoms with Crippen LogP contribution in [0.25, 0.3) is 5.69 Å². The second-order valence-corrected chi connectivity index (χ2v) is 8.55. The van der Waals surface area contributed by atoms with Crippen LogP contribution >= 0.6 is 27.7 Å². The first-order chi connectivity index (χ1) is 14.8. The molecule has 0 bridgehead atoms. The lowest BCUT2D eigenvalue weighted by molar-refractivity contribution is 0.0835. The van der Waals surface area contributed by atoms with Crippen molar-refractivity contribution in [1.82, 2.24) is 14.8 Å². The van der Waals surface area contributed by atoms with E-state index in [1.807, 2.05) is 72.8 Å². The lowest BCUT2D eigenvalue weighted by atomic mass is 10.2. The minimum Gasteiger partial charge on any atom is -0.485 e. The normalized spacial score (nSPS) is 15.2. The molecule has 0 unspecified atom stereocenters. The van der Waals surface area contributed by atoms with Gasteiger partial charge in [-0.05, 0) is 35.9 Å². The zero-order valence-electron chi connectivity index (χ0n) is 15.9. The predicted octanol–water partition coefficient (Wildman–Crippen LogP) is 5.83. The number of hydrogen-bond acceptors (Lipinski definition) is 5. The molecule has 5 rings (SSSR count). The molecule has 0 amide bonds. The number of nitrogens with zero attached hydrogens (tertiary/aromatic N) is 3. The van der Waals surface area contributed by atoms with Gasteiger partial charge in [0, 0.05) is 15.9 Å². The van der Waals surface area contributed by atoms with E-state index >= 15 is 0 Å². The summed E-state index contributed by atoms with van der Waals surface area (Å²) >= 11 is 5.27. The van der Waals surface area contributed by atoms with Crippen molar-refractivity contribution in [1.29, 1.82) is 0 Å². The summed E-state index contributed by atoms with van der Waals surface area (Å²) in [5.41, 5.74) is 2.20. The second kappa shape index (κ2) is 8.53. The molecule has 5 nitrogen and oxygen atoms in total. The van der Waals surface area contributed by atoms with Gasteiger partial charge in [-0.15, -0.1) is 10.2 Å². The maximum absolute atomic E-state index is 6.21. The molecular formula is C23H18BrN3O2S. The van der Waals surface area contributed by atoms with Crippen molar-refractivity contribution in [2.45, 2.75) is 17.0 Å². The largest absolute Gasteiger partial charge is 0.485 e. The lowest BCUT2D eigenvalue weighted by Crippen LogP contribution is -2.24. The van der Waals surface area contributed by atoms with Gasteiger partial charge >= 0.3 is 0 Å². The third-order valence-corrected chi connectivity index (χ3v) is 6.54. The standard InChI is InChI=1S/C23H18BrN3O2S/c24-18-11-5-4-8-16(18)15-30-23-26-25-22(27(23)17-9-2-1-3-10-17)21-14-28-19-12-6-7-13-20(19)29-21/h1-13,21H,14-15H2/t21-/m0/s1. The molecular weight excluding hydrogens is 462 g/mol. The Bertz CT molecular complexity index is 1170. The first-order valence-electron chi connectivity index (χ1n) is 9.55. The quantitative estimate of drug-likeness (QED) is 0.336. The van der Waals surface area contributed by atoms with Gasteiger partial charge in [-0.25, -0.2) is 0 Å². The Labute approximate surface area is 187 Å². The van der Waals surface area contributed by atoms with Crippen LogP contribution in [0.2, 0.25) is 0 Å². The smallest absolute Gasteiger partial charge is 0.196 e. The van der Waals surface area contributed by atoms with Crippen molar-refractivity contribution in [2.75, 3.05) is 6.61 Å². The number of aromatic nitrogens is 3. The van der Waals surface area contributed by atoms with Gasteiger partial charge in [-0.2, -0.15) is 0 Å². The van der Waals surface area contributed by atoms with Gasteiger partial charge < -0.3 is 9.47 Å². The number of halogens is 1. The molecule has 1 aliphatic rings. The number of benzene rings is 3. The van der Waals surface area contributed by atoms with E-state index in [1.54, 1.807) is 11.8 Å². The Morgan fingerprint density at radius 1 is 0.900 bits per heavy atom. The lowest BCUT2D eigenvalue weighted by Gasteiger charge is -2.26. The zero-order chi connectivity index (χ0) is 20.3. The summed E-state index contributed by atoms with van der Waals surface area (Å²) in [5.74, 6) is 2.98. The van der Waals surface area contributed by atoms with Crippen LogP contribution in [0.1, 0.15) is 17.5 Å². The summed E-state index contributed by atoms with van der Waals surface area (Å²) in [4.78, 5) is 0. The molecule has 2 heterocycles. The molecule has 1 aromatic heterocycles. The molecule has 1 aliphatic heterocycles. The SMILES string of the molecule is Brc1ccccc1CSc1nnc([C@@H]2COc3ccccc3O2)n1-c1ccccc1. The summed E-state index contributed by atoms with van der Waals surface area (Å²) < 4.78 is 15.3.